The van der Waals surface area contributed by atoms with Crippen LogP contribution >= 0.6 is 11.6 Å². The van der Waals surface area contributed by atoms with Crippen LogP contribution in [0, 0.1) is 12.7 Å². The van der Waals surface area contributed by atoms with Crippen molar-refractivity contribution < 1.29 is 14.3 Å². The number of hydrogen-bond donors (Lipinski definition) is 1. The molecule has 0 fully saturated rings. The van der Waals surface area contributed by atoms with E-state index in [9.17, 15) is 14.3 Å². The van der Waals surface area contributed by atoms with E-state index in [-0.39, 0.29) is 12.2 Å². The average molecular weight is 336 g/mol. The van der Waals surface area contributed by atoms with Gasteiger partial charge in [0, 0.05) is 24.4 Å². The number of pyridine rings is 1. The molecular formula is C16H15ClFN3O2. The number of aldehydes is 1. The van der Waals surface area contributed by atoms with E-state index >= 15 is 0 Å². The van der Waals surface area contributed by atoms with Gasteiger partial charge >= 0.3 is 0 Å². The van der Waals surface area contributed by atoms with E-state index in [1.165, 1.54) is 23.5 Å². The van der Waals surface area contributed by atoms with Crippen LogP contribution in [0.3, 0.4) is 0 Å². The largest absolute Gasteiger partial charge is 0.391 e. The topological polar surface area (TPSA) is 65.8 Å². The van der Waals surface area contributed by atoms with Crippen molar-refractivity contribution >= 4 is 29.9 Å². The molecule has 0 aliphatic heterocycles. The van der Waals surface area contributed by atoms with E-state index in [2.05, 4.69) is 10.1 Å². The Labute approximate surface area is 138 Å². The number of rotatable bonds is 5. The summed E-state index contributed by atoms with van der Waals surface area (Å²) in [5.41, 5.74) is 1.40. The third kappa shape index (κ3) is 3.72. The lowest BCUT2D eigenvalue weighted by Crippen LogP contribution is -2.14. The van der Waals surface area contributed by atoms with E-state index in [1.807, 2.05) is 0 Å². The van der Waals surface area contributed by atoms with Crippen molar-refractivity contribution in [3.63, 3.8) is 0 Å². The van der Waals surface area contributed by atoms with Gasteiger partial charge in [0.05, 0.1) is 23.4 Å². The normalized spacial score (nSPS) is 11.0. The molecule has 0 bridgehead atoms. The second-order valence-electron chi connectivity index (χ2n) is 4.89. The fraction of sp³-hybridized carbons (Fsp3) is 0.188. The quantitative estimate of drug-likeness (QED) is 0.518. The van der Waals surface area contributed by atoms with Crippen LogP contribution in [0.25, 0.3) is 0 Å². The zero-order valence-electron chi connectivity index (χ0n) is 12.6. The van der Waals surface area contributed by atoms with Crippen molar-refractivity contribution in [2.24, 2.45) is 5.10 Å². The highest BCUT2D eigenvalue weighted by molar-refractivity contribution is 6.31. The van der Waals surface area contributed by atoms with Gasteiger partial charge in [-0.05, 0) is 30.7 Å². The molecule has 0 amide bonds. The summed E-state index contributed by atoms with van der Waals surface area (Å²) in [6.45, 7) is 1.43. The number of anilines is 1. The smallest absolute Gasteiger partial charge is 0.155 e. The Morgan fingerprint density at radius 2 is 2.22 bits per heavy atom. The fourth-order valence-corrected chi connectivity index (χ4v) is 2.30. The number of carbonyl (C=O) groups excluding carboxylic acids is 1. The first-order valence-corrected chi connectivity index (χ1v) is 7.13. The van der Waals surface area contributed by atoms with Gasteiger partial charge in [0.15, 0.2) is 12.1 Å². The molecule has 0 radical (unpaired) electrons. The van der Waals surface area contributed by atoms with Gasteiger partial charge in [-0.25, -0.2) is 9.37 Å². The Morgan fingerprint density at radius 1 is 1.48 bits per heavy atom. The van der Waals surface area contributed by atoms with Crippen molar-refractivity contribution in [2.45, 2.75) is 13.5 Å². The van der Waals surface area contributed by atoms with Gasteiger partial charge in [-0.15, -0.1) is 0 Å². The lowest BCUT2D eigenvalue weighted by atomic mass is 10.1. The molecule has 120 valence electrons. The molecule has 0 spiro atoms. The molecule has 1 heterocycles. The second-order valence-corrected chi connectivity index (χ2v) is 5.30. The van der Waals surface area contributed by atoms with Gasteiger partial charge in [0.25, 0.3) is 0 Å². The highest BCUT2D eigenvalue weighted by atomic mass is 35.5. The van der Waals surface area contributed by atoms with E-state index in [0.717, 1.165) is 0 Å². The average Bonchev–Trinajstić information content (AvgIpc) is 2.51. The molecule has 0 saturated carbocycles. The number of aryl methyl sites for hydroxylation is 1. The number of hydrazone groups is 1. The summed E-state index contributed by atoms with van der Waals surface area (Å²) in [6, 6.07) is 4.50. The van der Waals surface area contributed by atoms with Gasteiger partial charge in [0.2, 0.25) is 0 Å². The minimum absolute atomic E-state index is 0.0609. The minimum atomic E-state index is -0.596. The van der Waals surface area contributed by atoms with Gasteiger partial charge in [-0.1, -0.05) is 11.6 Å². The Morgan fingerprint density at radius 3 is 2.87 bits per heavy atom. The summed E-state index contributed by atoms with van der Waals surface area (Å²) in [7, 11) is 1.61. The SMILES string of the molecule is Cc1cc(F)c(C=O)c(/C=N\N(C)c2nccc(Cl)c2CO)c1. The molecule has 0 unspecified atom stereocenters. The number of carbonyl (C=O) groups is 1. The zero-order chi connectivity index (χ0) is 17.0. The van der Waals surface area contributed by atoms with Crippen molar-refractivity contribution in [1.82, 2.24) is 4.98 Å². The standard InChI is InChI=1S/C16H15ClFN3O2/c1-10-5-11(12(8-22)15(18)6-10)7-20-21(2)16-13(9-23)14(17)3-4-19-16/h3-8,23H,9H2,1-2H3/b20-7-. The Bertz CT molecular complexity index is 765. The molecule has 0 aliphatic rings. The first-order chi connectivity index (χ1) is 11.0. The summed E-state index contributed by atoms with van der Waals surface area (Å²) in [5.74, 6) is -0.224. The Hall–Kier alpha value is -2.31. The Kier molecular flexibility index (Phi) is 5.41. The van der Waals surface area contributed by atoms with Crippen molar-refractivity contribution in [3.8, 4) is 0 Å². The molecule has 2 rings (SSSR count). The number of nitrogens with zero attached hydrogens (tertiary/aromatic N) is 3. The number of halogens is 2. The maximum Gasteiger partial charge on any atom is 0.155 e. The number of aromatic nitrogens is 1. The number of benzene rings is 1. The van der Waals surface area contributed by atoms with Crippen LogP contribution in [0.2, 0.25) is 5.02 Å². The predicted molar refractivity (Wildman–Crippen MR) is 87.7 cm³/mol. The molecule has 23 heavy (non-hydrogen) atoms. The number of hydrogen-bond acceptors (Lipinski definition) is 5. The lowest BCUT2D eigenvalue weighted by Gasteiger charge is -2.16. The predicted octanol–water partition coefficient (Wildman–Crippen LogP) is 2.96. The van der Waals surface area contributed by atoms with E-state index < -0.39 is 5.82 Å². The summed E-state index contributed by atoms with van der Waals surface area (Å²) >= 11 is 6.01. The van der Waals surface area contributed by atoms with E-state index in [0.29, 0.717) is 33.8 Å². The van der Waals surface area contributed by atoms with Gasteiger partial charge in [-0.2, -0.15) is 5.10 Å². The minimum Gasteiger partial charge on any atom is -0.391 e. The van der Waals surface area contributed by atoms with E-state index in [1.54, 1.807) is 26.1 Å². The molecule has 0 atom stereocenters. The molecule has 1 aromatic carbocycles. The third-order valence-electron chi connectivity index (χ3n) is 3.23. The summed E-state index contributed by atoms with van der Waals surface area (Å²) in [4.78, 5) is 15.2. The lowest BCUT2D eigenvalue weighted by molar-refractivity contribution is 0.111. The van der Waals surface area contributed by atoms with E-state index in [4.69, 9.17) is 11.6 Å². The summed E-state index contributed by atoms with van der Waals surface area (Å²) < 4.78 is 13.8. The van der Waals surface area contributed by atoms with Crippen molar-refractivity contribution in [2.75, 3.05) is 12.1 Å². The Balaban J connectivity index is 2.38. The maximum absolute atomic E-state index is 13.8. The first kappa shape index (κ1) is 17.1. The van der Waals surface area contributed by atoms with Gasteiger partial charge in [0.1, 0.15) is 5.82 Å². The maximum atomic E-state index is 13.8. The summed E-state index contributed by atoms with van der Waals surface area (Å²) in [5, 5.41) is 15.3. The van der Waals surface area contributed by atoms with Crippen LogP contribution in [-0.4, -0.2) is 29.6 Å². The van der Waals surface area contributed by atoms with Crippen LogP contribution in [0.5, 0.6) is 0 Å². The van der Waals surface area contributed by atoms with Crippen LogP contribution in [0.4, 0.5) is 10.2 Å². The zero-order valence-corrected chi connectivity index (χ0v) is 13.4. The van der Waals surface area contributed by atoms with Crippen LogP contribution in [0.1, 0.15) is 27.0 Å². The highest BCUT2D eigenvalue weighted by Gasteiger charge is 2.12. The molecule has 7 heteroatoms. The molecule has 1 aromatic heterocycles. The number of aliphatic hydroxyl groups excluding tert-OH is 1. The molecular weight excluding hydrogens is 321 g/mol. The van der Waals surface area contributed by atoms with Gasteiger partial charge < -0.3 is 5.11 Å². The molecule has 0 aliphatic carbocycles. The second kappa shape index (κ2) is 7.30. The van der Waals surface area contributed by atoms with Crippen molar-refractivity contribution in [1.29, 1.82) is 0 Å². The molecule has 2 aromatic rings. The van der Waals surface area contributed by atoms with Crippen LogP contribution in [0.15, 0.2) is 29.5 Å². The van der Waals surface area contributed by atoms with Crippen molar-refractivity contribution in [3.05, 3.63) is 57.5 Å². The molecule has 5 nitrogen and oxygen atoms in total. The summed E-state index contributed by atoms with van der Waals surface area (Å²) in [6.07, 6.45) is 3.31. The van der Waals surface area contributed by atoms with Crippen LogP contribution < -0.4 is 5.01 Å². The third-order valence-corrected chi connectivity index (χ3v) is 3.59. The fourth-order valence-electron chi connectivity index (χ4n) is 2.10. The monoisotopic (exact) mass is 335 g/mol. The molecule has 0 saturated heterocycles. The highest BCUT2D eigenvalue weighted by Crippen LogP contribution is 2.24. The van der Waals surface area contributed by atoms with Crippen LogP contribution in [-0.2, 0) is 6.61 Å². The molecule has 1 N–H and O–H groups in total. The van der Waals surface area contributed by atoms with Gasteiger partial charge in [-0.3, -0.25) is 9.80 Å². The first-order valence-electron chi connectivity index (χ1n) is 6.75. The number of aliphatic hydroxyl groups is 1.